The molecule has 0 aliphatic carbocycles. The minimum Gasteiger partial charge on any atom is -0.462 e. The van der Waals surface area contributed by atoms with Gasteiger partial charge in [-0.15, -0.1) is 0 Å². The van der Waals surface area contributed by atoms with Gasteiger partial charge in [0.25, 0.3) is 0 Å². The predicted octanol–water partition coefficient (Wildman–Crippen LogP) is 8.42. The molecule has 0 bridgehead atoms. The number of hydrogen-bond acceptors (Lipinski definition) is 4. The molecule has 0 atom stereocenters. The SMILES string of the molecule is CCCCCCCCCCCCCCCCCC(=O)Oc1ccc(C(=O)OCCC)cc1. The normalized spacial score (nSPS) is 10.8. The van der Waals surface area contributed by atoms with Crippen LogP contribution in [0, 0.1) is 0 Å². The van der Waals surface area contributed by atoms with Crippen molar-refractivity contribution in [2.45, 2.75) is 123 Å². The minimum atomic E-state index is -0.345. The smallest absolute Gasteiger partial charge is 0.338 e. The topological polar surface area (TPSA) is 52.6 Å². The summed E-state index contributed by atoms with van der Waals surface area (Å²) in [7, 11) is 0. The Labute approximate surface area is 196 Å². The molecular weight excluding hydrogens is 400 g/mol. The Morgan fingerprint density at radius 1 is 0.625 bits per heavy atom. The van der Waals surface area contributed by atoms with Crippen LogP contribution in [0.15, 0.2) is 24.3 Å². The lowest BCUT2D eigenvalue weighted by atomic mass is 10.0. The summed E-state index contributed by atoms with van der Waals surface area (Å²) in [5.41, 5.74) is 0.473. The van der Waals surface area contributed by atoms with E-state index in [2.05, 4.69) is 6.92 Å². The third-order valence-electron chi connectivity index (χ3n) is 5.74. The Kier molecular flexibility index (Phi) is 17.5. The van der Waals surface area contributed by atoms with E-state index in [1.807, 2.05) is 6.92 Å². The Balaban J connectivity index is 1.95. The van der Waals surface area contributed by atoms with Gasteiger partial charge >= 0.3 is 11.9 Å². The first-order valence-corrected chi connectivity index (χ1v) is 13.1. The third-order valence-corrected chi connectivity index (χ3v) is 5.74. The van der Waals surface area contributed by atoms with Crippen molar-refractivity contribution in [2.75, 3.05) is 6.61 Å². The summed E-state index contributed by atoms with van der Waals surface area (Å²) in [6.45, 7) is 4.63. The van der Waals surface area contributed by atoms with E-state index < -0.39 is 0 Å². The molecule has 4 nitrogen and oxygen atoms in total. The minimum absolute atomic E-state index is 0.207. The van der Waals surface area contributed by atoms with Crippen LogP contribution in [-0.2, 0) is 9.53 Å². The molecule has 0 amide bonds. The van der Waals surface area contributed by atoms with Crippen LogP contribution in [0.1, 0.15) is 133 Å². The Morgan fingerprint density at radius 2 is 1.09 bits per heavy atom. The van der Waals surface area contributed by atoms with Crippen LogP contribution < -0.4 is 4.74 Å². The average Bonchev–Trinajstić information content (AvgIpc) is 2.80. The fraction of sp³-hybridized carbons (Fsp3) is 0.714. The molecule has 0 saturated heterocycles. The van der Waals surface area contributed by atoms with Crippen molar-refractivity contribution < 1.29 is 19.1 Å². The number of rotatable bonds is 20. The molecule has 4 heteroatoms. The zero-order valence-corrected chi connectivity index (χ0v) is 20.7. The van der Waals surface area contributed by atoms with E-state index in [0.717, 1.165) is 19.3 Å². The molecule has 0 aliphatic rings. The molecular formula is C28H46O4. The third kappa shape index (κ3) is 15.0. The van der Waals surface area contributed by atoms with Gasteiger partial charge in [0.15, 0.2) is 0 Å². The summed E-state index contributed by atoms with van der Waals surface area (Å²) in [5.74, 6) is -0.0773. The van der Waals surface area contributed by atoms with Gasteiger partial charge in [0.2, 0.25) is 0 Å². The number of carbonyl (C=O) groups is 2. The highest BCUT2D eigenvalue weighted by atomic mass is 16.5. The lowest BCUT2D eigenvalue weighted by Gasteiger charge is -2.06. The second-order valence-corrected chi connectivity index (χ2v) is 8.83. The van der Waals surface area contributed by atoms with Gasteiger partial charge in [0.05, 0.1) is 12.2 Å². The molecule has 1 aromatic rings. The van der Waals surface area contributed by atoms with Gasteiger partial charge in [0, 0.05) is 6.42 Å². The van der Waals surface area contributed by atoms with Crippen molar-refractivity contribution in [2.24, 2.45) is 0 Å². The Morgan fingerprint density at radius 3 is 1.56 bits per heavy atom. The quantitative estimate of drug-likeness (QED) is 0.115. The van der Waals surface area contributed by atoms with Gasteiger partial charge < -0.3 is 9.47 Å². The summed E-state index contributed by atoms with van der Waals surface area (Å²) in [4.78, 5) is 23.8. The maximum Gasteiger partial charge on any atom is 0.338 e. The molecule has 0 heterocycles. The molecule has 0 saturated carbocycles. The van der Waals surface area contributed by atoms with Crippen molar-refractivity contribution in [3.63, 3.8) is 0 Å². The summed E-state index contributed by atoms with van der Waals surface area (Å²) in [6, 6.07) is 6.56. The monoisotopic (exact) mass is 446 g/mol. The highest BCUT2D eigenvalue weighted by Gasteiger charge is 2.09. The number of hydrogen-bond donors (Lipinski definition) is 0. The fourth-order valence-electron chi connectivity index (χ4n) is 3.76. The molecule has 32 heavy (non-hydrogen) atoms. The van der Waals surface area contributed by atoms with E-state index in [9.17, 15) is 9.59 Å². The van der Waals surface area contributed by atoms with Gasteiger partial charge in [-0.3, -0.25) is 4.79 Å². The maximum atomic E-state index is 12.0. The van der Waals surface area contributed by atoms with Crippen LogP contribution in [0.4, 0.5) is 0 Å². The largest absolute Gasteiger partial charge is 0.462 e. The highest BCUT2D eigenvalue weighted by Crippen LogP contribution is 2.16. The van der Waals surface area contributed by atoms with Gasteiger partial charge in [-0.1, -0.05) is 104 Å². The van der Waals surface area contributed by atoms with Crippen LogP contribution >= 0.6 is 0 Å². The maximum absolute atomic E-state index is 12.0. The number of unbranched alkanes of at least 4 members (excludes halogenated alkanes) is 14. The molecule has 0 spiro atoms. The van der Waals surface area contributed by atoms with Gasteiger partial charge in [-0.25, -0.2) is 4.79 Å². The first-order chi connectivity index (χ1) is 15.7. The standard InChI is InChI=1S/C28H46O4/c1-3-5-6-7-8-9-10-11-12-13-14-15-16-17-18-19-27(29)32-26-22-20-25(21-23-26)28(30)31-24-4-2/h20-23H,3-19,24H2,1-2H3. The number of carbonyl (C=O) groups excluding carboxylic acids is 2. The van der Waals surface area contributed by atoms with Crippen molar-refractivity contribution in [1.29, 1.82) is 0 Å². The molecule has 0 radical (unpaired) electrons. The van der Waals surface area contributed by atoms with Crippen LogP contribution in [0.3, 0.4) is 0 Å². The van der Waals surface area contributed by atoms with Crippen molar-refractivity contribution in [3.8, 4) is 5.75 Å². The molecule has 0 unspecified atom stereocenters. The molecule has 182 valence electrons. The van der Waals surface area contributed by atoms with Crippen LogP contribution in [0.5, 0.6) is 5.75 Å². The van der Waals surface area contributed by atoms with Crippen LogP contribution in [-0.4, -0.2) is 18.5 Å². The van der Waals surface area contributed by atoms with Crippen molar-refractivity contribution >= 4 is 11.9 Å². The first-order valence-electron chi connectivity index (χ1n) is 13.1. The number of esters is 2. The van der Waals surface area contributed by atoms with E-state index in [1.165, 1.54) is 83.5 Å². The summed E-state index contributed by atoms with van der Waals surface area (Å²) in [6.07, 6.45) is 20.9. The number of benzene rings is 1. The van der Waals surface area contributed by atoms with E-state index >= 15 is 0 Å². The van der Waals surface area contributed by atoms with Gasteiger partial charge in [-0.05, 0) is 37.1 Å². The molecule has 0 fully saturated rings. The highest BCUT2D eigenvalue weighted by molar-refractivity contribution is 5.89. The molecule has 1 aromatic carbocycles. The summed E-state index contributed by atoms with van der Waals surface area (Å²) in [5, 5.41) is 0. The van der Waals surface area contributed by atoms with Gasteiger partial charge in [-0.2, -0.15) is 0 Å². The Bertz CT molecular complexity index is 594. The second kappa shape index (κ2) is 19.8. The van der Waals surface area contributed by atoms with E-state index in [4.69, 9.17) is 9.47 Å². The zero-order chi connectivity index (χ0) is 23.3. The van der Waals surface area contributed by atoms with Crippen LogP contribution in [0.2, 0.25) is 0 Å². The molecule has 1 rings (SSSR count). The van der Waals surface area contributed by atoms with E-state index in [-0.39, 0.29) is 11.9 Å². The second-order valence-electron chi connectivity index (χ2n) is 8.83. The van der Waals surface area contributed by atoms with Crippen molar-refractivity contribution in [3.05, 3.63) is 29.8 Å². The molecule has 0 N–H and O–H groups in total. The Hall–Kier alpha value is -1.84. The fourth-order valence-corrected chi connectivity index (χ4v) is 3.76. The van der Waals surface area contributed by atoms with E-state index in [1.54, 1.807) is 24.3 Å². The first kappa shape index (κ1) is 28.2. The number of ether oxygens (including phenoxy) is 2. The van der Waals surface area contributed by atoms with Gasteiger partial charge in [0.1, 0.15) is 5.75 Å². The average molecular weight is 447 g/mol. The summed E-state index contributed by atoms with van der Waals surface area (Å²) < 4.78 is 10.4. The van der Waals surface area contributed by atoms with Crippen LogP contribution in [0.25, 0.3) is 0 Å². The summed E-state index contributed by atoms with van der Waals surface area (Å²) >= 11 is 0. The van der Waals surface area contributed by atoms with E-state index in [0.29, 0.717) is 24.3 Å². The lowest BCUT2D eigenvalue weighted by Crippen LogP contribution is -2.08. The zero-order valence-electron chi connectivity index (χ0n) is 20.7. The predicted molar refractivity (Wildman–Crippen MR) is 132 cm³/mol. The lowest BCUT2D eigenvalue weighted by molar-refractivity contribution is -0.134. The molecule has 0 aromatic heterocycles. The van der Waals surface area contributed by atoms with Crippen molar-refractivity contribution in [1.82, 2.24) is 0 Å². The molecule has 0 aliphatic heterocycles.